The normalized spacial score (nSPS) is 11.4. The number of allylic oxidation sites excluding steroid dienone is 1. The van der Waals surface area contributed by atoms with Crippen molar-refractivity contribution in [2.75, 3.05) is 0 Å². The number of benzene rings is 3. The third-order valence-corrected chi connectivity index (χ3v) is 5.02. The van der Waals surface area contributed by atoms with Gasteiger partial charge in [0.25, 0.3) is 0 Å². The van der Waals surface area contributed by atoms with E-state index in [1.54, 1.807) is 6.08 Å². The molecule has 4 aromatic rings. The second kappa shape index (κ2) is 8.34. The highest BCUT2D eigenvalue weighted by atomic mass is 79.9. The summed E-state index contributed by atoms with van der Waals surface area (Å²) in [5, 5.41) is 9.76. The van der Waals surface area contributed by atoms with Crippen LogP contribution in [-0.4, -0.2) is 9.97 Å². The number of halogens is 1. The van der Waals surface area contributed by atoms with Crippen molar-refractivity contribution in [3.05, 3.63) is 93.7 Å². The molecule has 1 N–H and O–H groups in total. The average Bonchev–Trinajstić information content (AvgIpc) is 3.15. The smallest absolute Gasteiger partial charge is 0.149 e. The van der Waals surface area contributed by atoms with Crippen LogP contribution in [0.4, 0.5) is 0 Å². The lowest BCUT2D eigenvalue weighted by atomic mass is 10.1. The molecule has 1 aromatic heterocycles. The van der Waals surface area contributed by atoms with Crippen molar-refractivity contribution in [3.8, 4) is 11.8 Å². The zero-order chi connectivity index (χ0) is 20.2. The minimum absolute atomic E-state index is 0.446. The fraction of sp³-hybridized carbons (Fsp3) is 0.0833. The number of fused-ring (bicyclic) bond motifs is 1. The van der Waals surface area contributed by atoms with Crippen LogP contribution in [0.25, 0.3) is 22.7 Å². The van der Waals surface area contributed by atoms with Crippen molar-refractivity contribution in [3.63, 3.8) is 0 Å². The summed E-state index contributed by atoms with van der Waals surface area (Å²) in [5.74, 6) is 1.25. The maximum atomic E-state index is 9.76. The highest BCUT2D eigenvalue weighted by molar-refractivity contribution is 9.10. The Morgan fingerprint density at radius 2 is 1.97 bits per heavy atom. The van der Waals surface area contributed by atoms with Crippen LogP contribution in [0.5, 0.6) is 5.75 Å². The van der Waals surface area contributed by atoms with Gasteiger partial charge in [0.05, 0.1) is 16.6 Å². The first kappa shape index (κ1) is 19.0. The maximum Gasteiger partial charge on any atom is 0.149 e. The van der Waals surface area contributed by atoms with Crippen molar-refractivity contribution >= 4 is 38.6 Å². The molecule has 3 aromatic carbocycles. The lowest BCUT2D eigenvalue weighted by Gasteiger charge is -2.10. The predicted molar refractivity (Wildman–Crippen MR) is 119 cm³/mol. The van der Waals surface area contributed by atoms with Gasteiger partial charge in [0.15, 0.2) is 0 Å². The van der Waals surface area contributed by atoms with Crippen molar-refractivity contribution < 1.29 is 4.74 Å². The van der Waals surface area contributed by atoms with Crippen molar-refractivity contribution in [2.24, 2.45) is 0 Å². The number of hydrogen-bond donors (Lipinski definition) is 1. The largest absolute Gasteiger partial charge is 0.488 e. The number of nitrogens with zero attached hydrogens (tertiary/aromatic N) is 2. The highest BCUT2D eigenvalue weighted by Crippen LogP contribution is 2.28. The third-order valence-electron chi connectivity index (χ3n) is 4.52. The summed E-state index contributed by atoms with van der Waals surface area (Å²) in [5.41, 5.74) is 5.22. The number of nitrogens with one attached hydrogen (secondary N) is 1. The summed E-state index contributed by atoms with van der Waals surface area (Å²) in [6.45, 7) is 2.48. The molecule has 0 saturated carbocycles. The Morgan fingerprint density at radius 1 is 1.14 bits per heavy atom. The number of aromatic amines is 1. The van der Waals surface area contributed by atoms with Gasteiger partial charge in [-0.1, -0.05) is 52.3 Å². The van der Waals surface area contributed by atoms with Crippen LogP contribution in [0.1, 0.15) is 22.5 Å². The summed E-state index contributed by atoms with van der Waals surface area (Å²) in [4.78, 5) is 7.81. The maximum absolute atomic E-state index is 9.76. The van der Waals surface area contributed by atoms with E-state index in [9.17, 15) is 5.26 Å². The molecule has 4 rings (SSSR count). The van der Waals surface area contributed by atoms with Gasteiger partial charge in [-0.2, -0.15) is 5.26 Å². The fourth-order valence-electron chi connectivity index (χ4n) is 3.06. The minimum atomic E-state index is 0.446. The second-order valence-corrected chi connectivity index (χ2v) is 7.65. The van der Waals surface area contributed by atoms with Gasteiger partial charge in [0, 0.05) is 10.0 Å². The number of hydrogen-bond acceptors (Lipinski definition) is 3. The van der Waals surface area contributed by atoms with E-state index in [2.05, 4.69) is 32.0 Å². The molecule has 0 spiro atoms. The van der Waals surface area contributed by atoms with Crippen LogP contribution in [0.15, 0.2) is 71.2 Å². The molecule has 0 unspecified atom stereocenters. The van der Waals surface area contributed by atoms with Gasteiger partial charge in [-0.25, -0.2) is 4.98 Å². The first-order valence-corrected chi connectivity index (χ1v) is 9.96. The van der Waals surface area contributed by atoms with Gasteiger partial charge in [-0.15, -0.1) is 0 Å². The zero-order valence-corrected chi connectivity index (χ0v) is 17.4. The van der Waals surface area contributed by atoms with Gasteiger partial charge in [0.1, 0.15) is 24.3 Å². The van der Waals surface area contributed by atoms with Crippen molar-refractivity contribution in [2.45, 2.75) is 13.5 Å². The molecule has 4 nitrogen and oxygen atoms in total. The molecule has 5 heteroatoms. The Kier molecular flexibility index (Phi) is 5.46. The van der Waals surface area contributed by atoms with Crippen LogP contribution in [0.2, 0.25) is 0 Å². The van der Waals surface area contributed by atoms with Crippen molar-refractivity contribution in [1.29, 1.82) is 5.26 Å². The second-order valence-electron chi connectivity index (χ2n) is 6.73. The number of nitriles is 1. The van der Waals surface area contributed by atoms with E-state index >= 15 is 0 Å². The van der Waals surface area contributed by atoms with E-state index < -0.39 is 0 Å². The Balaban J connectivity index is 1.69. The number of rotatable bonds is 5. The SMILES string of the molecule is Cc1ccc2nc(/C(C#N)=C/c3cc(Br)ccc3OCc3ccccc3)[nH]c2c1. The number of ether oxygens (including phenoxy) is 1. The molecule has 0 aliphatic rings. The summed E-state index contributed by atoms with van der Waals surface area (Å²) >= 11 is 3.51. The molecule has 0 bridgehead atoms. The molecule has 0 atom stereocenters. The molecular formula is C24H18BrN3O. The van der Waals surface area contributed by atoms with Crippen LogP contribution in [-0.2, 0) is 6.61 Å². The van der Waals surface area contributed by atoms with E-state index in [-0.39, 0.29) is 0 Å². The molecule has 1 heterocycles. The van der Waals surface area contributed by atoms with E-state index in [0.29, 0.717) is 23.8 Å². The van der Waals surface area contributed by atoms with Crippen LogP contribution >= 0.6 is 15.9 Å². The Morgan fingerprint density at radius 3 is 2.76 bits per heavy atom. The first-order valence-electron chi connectivity index (χ1n) is 9.17. The molecule has 29 heavy (non-hydrogen) atoms. The lowest BCUT2D eigenvalue weighted by Crippen LogP contribution is -1.97. The monoisotopic (exact) mass is 443 g/mol. The third kappa shape index (κ3) is 4.39. The molecule has 0 saturated heterocycles. The van der Waals surface area contributed by atoms with E-state index in [1.807, 2.05) is 73.7 Å². The van der Waals surface area contributed by atoms with E-state index in [4.69, 9.17) is 4.74 Å². The molecule has 0 amide bonds. The van der Waals surface area contributed by atoms with Gasteiger partial charge in [-0.3, -0.25) is 0 Å². The van der Waals surface area contributed by atoms with Crippen LogP contribution in [0, 0.1) is 18.3 Å². The predicted octanol–water partition coefficient (Wildman–Crippen LogP) is 6.28. The molecular weight excluding hydrogens is 426 g/mol. The first-order chi connectivity index (χ1) is 14.1. The van der Waals surface area contributed by atoms with Gasteiger partial charge in [0.2, 0.25) is 0 Å². The number of imidazole rings is 1. The molecule has 0 aliphatic carbocycles. The lowest BCUT2D eigenvalue weighted by molar-refractivity contribution is 0.305. The summed E-state index contributed by atoms with van der Waals surface area (Å²) in [6.07, 6.45) is 1.80. The quantitative estimate of drug-likeness (QED) is 0.369. The summed E-state index contributed by atoms with van der Waals surface area (Å²) < 4.78 is 6.94. The standard InChI is InChI=1S/C24H18BrN3O/c1-16-7-9-21-22(11-16)28-24(27-21)19(14-26)12-18-13-20(25)8-10-23(18)29-15-17-5-3-2-4-6-17/h2-13H,15H2,1H3,(H,27,28)/b19-12+. The number of aromatic nitrogens is 2. The number of H-pyrrole nitrogens is 1. The van der Waals surface area contributed by atoms with Gasteiger partial charge in [-0.05, 0) is 54.5 Å². The van der Waals surface area contributed by atoms with Crippen molar-refractivity contribution in [1.82, 2.24) is 9.97 Å². The van der Waals surface area contributed by atoms with Crippen LogP contribution < -0.4 is 4.74 Å². The zero-order valence-electron chi connectivity index (χ0n) is 15.8. The molecule has 0 aliphatic heterocycles. The molecule has 0 fully saturated rings. The summed E-state index contributed by atoms with van der Waals surface area (Å²) in [6, 6.07) is 24.0. The van der Waals surface area contributed by atoms with E-state index in [0.717, 1.165) is 32.2 Å². The average molecular weight is 444 g/mol. The molecule has 142 valence electrons. The topological polar surface area (TPSA) is 61.7 Å². The Bertz CT molecular complexity index is 1240. The van der Waals surface area contributed by atoms with Crippen LogP contribution in [0.3, 0.4) is 0 Å². The number of aryl methyl sites for hydroxylation is 1. The highest BCUT2D eigenvalue weighted by Gasteiger charge is 2.11. The van der Waals surface area contributed by atoms with Gasteiger partial charge < -0.3 is 9.72 Å². The fourth-order valence-corrected chi connectivity index (χ4v) is 3.44. The summed E-state index contributed by atoms with van der Waals surface area (Å²) in [7, 11) is 0. The Labute approximate surface area is 177 Å². The van der Waals surface area contributed by atoms with Gasteiger partial charge >= 0.3 is 0 Å². The van der Waals surface area contributed by atoms with E-state index in [1.165, 1.54) is 0 Å². The minimum Gasteiger partial charge on any atom is -0.488 e. The Hall–Kier alpha value is -3.36. The molecule has 0 radical (unpaired) electrons.